The van der Waals surface area contributed by atoms with Crippen LogP contribution in [0.1, 0.15) is 36.3 Å². The molecule has 3 N–H and O–H groups in total. The van der Waals surface area contributed by atoms with E-state index in [4.69, 9.17) is 5.73 Å². The molecule has 3 rings (SSSR count). The second kappa shape index (κ2) is 4.63. The van der Waals surface area contributed by atoms with Gasteiger partial charge in [0, 0.05) is 12.6 Å². The maximum atomic E-state index is 11.7. The van der Waals surface area contributed by atoms with E-state index in [2.05, 4.69) is 22.1 Å². The summed E-state index contributed by atoms with van der Waals surface area (Å²) in [5, 5.41) is 0. The van der Waals surface area contributed by atoms with Gasteiger partial charge in [-0.3, -0.25) is 4.79 Å². The normalized spacial score (nSPS) is 16.9. The zero-order chi connectivity index (χ0) is 13.3. The van der Waals surface area contributed by atoms with Gasteiger partial charge in [0.15, 0.2) is 0 Å². The minimum Gasteiger partial charge on any atom is -0.325 e. The predicted molar refractivity (Wildman–Crippen MR) is 73.8 cm³/mol. The van der Waals surface area contributed by atoms with Crippen LogP contribution in [0, 0.1) is 0 Å². The van der Waals surface area contributed by atoms with E-state index in [0.29, 0.717) is 12.2 Å². The van der Waals surface area contributed by atoms with Crippen LogP contribution in [-0.2, 0) is 12.0 Å². The van der Waals surface area contributed by atoms with Crippen LogP contribution < -0.4 is 11.3 Å². The lowest BCUT2D eigenvalue weighted by molar-refractivity contribution is 0.283. The monoisotopic (exact) mass is 255 g/mol. The summed E-state index contributed by atoms with van der Waals surface area (Å²) >= 11 is 0. The summed E-state index contributed by atoms with van der Waals surface area (Å²) in [6, 6.07) is 11.7. The van der Waals surface area contributed by atoms with Gasteiger partial charge in [-0.15, -0.1) is 0 Å². The second-order valence-corrected chi connectivity index (χ2v) is 5.09. The number of nitrogens with two attached hydrogens (primary N) is 1. The van der Waals surface area contributed by atoms with Crippen LogP contribution in [0.3, 0.4) is 0 Å². The molecule has 0 radical (unpaired) electrons. The Morgan fingerprint density at radius 2 is 2.00 bits per heavy atom. The maximum Gasteiger partial charge on any atom is 0.251 e. The van der Waals surface area contributed by atoms with E-state index in [0.717, 1.165) is 25.1 Å². The zero-order valence-electron chi connectivity index (χ0n) is 10.7. The fourth-order valence-corrected chi connectivity index (χ4v) is 2.79. The molecule has 19 heavy (non-hydrogen) atoms. The number of H-pyrrole nitrogens is 1. The van der Waals surface area contributed by atoms with E-state index >= 15 is 0 Å². The van der Waals surface area contributed by atoms with Gasteiger partial charge in [-0.25, -0.2) is 4.98 Å². The van der Waals surface area contributed by atoms with Crippen LogP contribution in [-0.4, -0.2) is 9.97 Å². The molecule has 4 nitrogen and oxygen atoms in total. The first-order valence-corrected chi connectivity index (χ1v) is 6.61. The van der Waals surface area contributed by atoms with E-state index in [-0.39, 0.29) is 11.0 Å². The van der Waals surface area contributed by atoms with Crippen LogP contribution in [0.2, 0.25) is 0 Å². The number of nitrogens with one attached hydrogen (secondary N) is 1. The van der Waals surface area contributed by atoms with Crippen molar-refractivity contribution in [1.82, 2.24) is 9.97 Å². The number of hydrogen-bond donors (Lipinski definition) is 2. The molecule has 0 bridgehead atoms. The van der Waals surface area contributed by atoms with Gasteiger partial charge in [-0.05, 0) is 18.4 Å². The molecular formula is C15H17N3O. The topological polar surface area (TPSA) is 71.8 Å². The summed E-state index contributed by atoms with van der Waals surface area (Å²) in [6.45, 7) is 0.293. The molecule has 1 aliphatic carbocycles. The van der Waals surface area contributed by atoms with E-state index in [1.54, 1.807) is 0 Å². The van der Waals surface area contributed by atoms with Crippen LogP contribution in [0.25, 0.3) is 0 Å². The third kappa shape index (κ3) is 1.98. The lowest BCUT2D eigenvalue weighted by Gasteiger charge is -2.41. The molecule has 0 unspecified atom stereocenters. The molecule has 2 aromatic rings. The molecule has 98 valence electrons. The average Bonchev–Trinajstić information content (AvgIpc) is 2.38. The highest BCUT2D eigenvalue weighted by Gasteiger charge is 2.42. The van der Waals surface area contributed by atoms with Gasteiger partial charge < -0.3 is 10.7 Å². The van der Waals surface area contributed by atoms with Gasteiger partial charge in [0.05, 0.1) is 11.1 Å². The summed E-state index contributed by atoms with van der Waals surface area (Å²) in [7, 11) is 0. The molecule has 1 aliphatic rings. The van der Waals surface area contributed by atoms with Crippen LogP contribution in [0.4, 0.5) is 0 Å². The number of hydrogen-bond acceptors (Lipinski definition) is 3. The van der Waals surface area contributed by atoms with Gasteiger partial charge in [0.2, 0.25) is 0 Å². The minimum atomic E-state index is -0.133. The highest BCUT2D eigenvalue weighted by atomic mass is 16.1. The lowest BCUT2D eigenvalue weighted by Crippen LogP contribution is -2.39. The van der Waals surface area contributed by atoms with Gasteiger partial charge in [-0.2, -0.15) is 0 Å². The molecule has 1 aromatic heterocycles. The quantitative estimate of drug-likeness (QED) is 0.876. The van der Waals surface area contributed by atoms with Crippen molar-refractivity contribution in [3.63, 3.8) is 0 Å². The molecular weight excluding hydrogens is 238 g/mol. The Balaban J connectivity index is 2.13. The van der Waals surface area contributed by atoms with Crippen molar-refractivity contribution in [3.8, 4) is 0 Å². The first-order chi connectivity index (χ1) is 9.24. The molecule has 0 spiro atoms. The summed E-state index contributed by atoms with van der Waals surface area (Å²) in [4.78, 5) is 19.2. The third-order valence-corrected chi connectivity index (χ3v) is 3.99. The Kier molecular flexibility index (Phi) is 2.95. The Hall–Kier alpha value is -1.94. The second-order valence-electron chi connectivity index (χ2n) is 5.09. The van der Waals surface area contributed by atoms with Crippen molar-refractivity contribution in [3.05, 3.63) is 63.8 Å². The molecule has 1 fully saturated rings. The van der Waals surface area contributed by atoms with Gasteiger partial charge in [-0.1, -0.05) is 36.8 Å². The molecule has 1 heterocycles. The highest BCUT2D eigenvalue weighted by Crippen LogP contribution is 2.47. The maximum absolute atomic E-state index is 11.7. The highest BCUT2D eigenvalue weighted by molar-refractivity contribution is 5.35. The van der Waals surface area contributed by atoms with Gasteiger partial charge in [0.25, 0.3) is 5.56 Å². The summed E-state index contributed by atoms with van der Waals surface area (Å²) in [5.74, 6) is 0.762. The fraction of sp³-hybridized carbons (Fsp3) is 0.333. The van der Waals surface area contributed by atoms with Crippen LogP contribution in [0.5, 0.6) is 0 Å². The molecule has 1 saturated carbocycles. The van der Waals surface area contributed by atoms with Crippen LogP contribution >= 0.6 is 0 Å². The molecule has 0 amide bonds. The van der Waals surface area contributed by atoms with E-state index < -0.39 is 0 Å². The first-order valence-electron chi connectivity index (χ1n) is 6.61. The van der Waals surface area contributed by atoms with Gasteiger partial charge in [0.1, 0.15) is 5.82 Å². The lowest BCUT2D eigenvalue weighted by atomic mass is 9.64. The Morgan fingerprint density at radius 3 is 2.58 bits per heavy atom. The fourth-order valence-electron chi connectivity index (χ4n) is 2.79. The smallest absolute Gasteiger partial charge is 0.251 e. The number of benzene rings is 1. The van der Waals surface area contributed by atoms with Crippen molar-refractivity contribution >= 4 is 0 Å². The number of aromatic nitrogens is 2. The molecule has 0 saturated heterocycles. The van der Waals surface area contributed by atoms with E-state index in [1.807, 2.05) is 18.2 Å². The zero-order valence-corrected chi connectivity index (χ0v) is 10.7. The Morgan fingerprint density at radius 1 is 1.26 bits per heavy atom. The van der Waals surface area contributed by atoms with Crippen molar-refractivity contribution in [2.45, 2.75) is 31.2 Å². The first kappa shape index (κ1) is 12.1. The number of rotatable bonds is 3. The standard InChI is InChI=1S/C15H17N3O/c16-10-12-9-13(19)18-14(17-12)15(7-4-8-15)11-5-2-1-3-6-11/h1-3,5-6,9H,4,7-8,10,16H2,(H,17,18,19). The molecule has 1 aromatic carbocycles. The Bertz CT molecular complexity index is 629. The molecule has 0 atom stereocenters. The SMILES string of the molecule is NCc1cc(=O)[nH]c(C2(c3ccccc3)CCC2)n1. The number of nitrogens with zero attached hydrogens (tertiary/aromatic N) is 1. The van der Waals surface area contributed by atoms with Gasteiger partial charge >= 0.3 is 0 Å². The summed E-state index contributed by atoms with van der Waals surface area (Å²) < 4.78 is 0. The third-order valence-electron chi connectivity index (χ3n) is 3.99. The van der Waals surface area contributed by atoms with Crippen LogP contribution in [0.15, 0.2) is 41.2 Å². The van der Waals surface area contributed by atoms with Crippen molar-refractivity contribution in [2.75, 3.05) is 0 Å². The van der Waals surface area contributed by atoms with Crippen molar-refractivity contribution in [1.29, 1.82) is 0 Å². The largest absolute Gasteiger partial charge is 0.325 e. The van der Waals surface area contributed by atoms with Crippen molar-refractivity contribution < 1.29 is 0 Å². The number of aromatic amines is 1. The van der Waals surface area contributed by atoms with E-state index in [1.165, 1.54) is 11.6 Å². The summed E-state index contributed by atoms with van der Waals surface area (Å²) in [6.07, 6.45) is 3.20. The summed E-state index contributed by atoms with van der Waals surface area (Å²) in [5.41, 5.74) is 7.24. The average molecular weight is 255 g/mol. The Labute approximate surface area is 111 Å². The predicted octanol–water partition coefficient (Wildman–Crippen LogP) is 1.70. The minimum absolute atomic E-state index is 0.118. The molecule has 0 aliphatic heterocycles. The van der Waals surface area contributed by atoms with Crippen molar-refractivity contribution in [2.24, 2.45) is 5.73 Å². The molecule has 4 heteroatoms. The van der Waals surface area contributed by atoms with E-state index in [9.17, 15) is 4.79 Å².